The zero-order chi connectivity index (χ0) is 15.5. The van der Waals surface area contributed by atoms with Gasteiger partial charge in [0.2, 0.25) is 0 Å². The summed E-state index contributed by atoms with van der Waals surface area (Å²) in [6, 6.07) is 5.33. The molecule has 1 aliphatic rings. The van der Waals surface area contributed by atoms with Crippen LogP contribution in [0.4, 0.5) is 13.2 Å². The summed E-state index contributed by atoms with van der Waals surface area (Å²) < 4.78 is 37.5. The van der Waals surface area contributed by atoms with Crippen molar-refractivity contribution in [3.8, 4) is 0 Å². The van der Waals surface area contributed by atoms with Crippen LogP contribution in [-0.2, 0) is 12.7 Å². The van der Waals surface area contributed by atoms with E-state index >= 15 is 0 Å². The molecule has 2 rings (SSSR count). The lowest BCUT2D eigenvalue weighted by Gasteiger charge is -2.39. The molecule has 118 valence electrons. The number of nitrogens with one attached hydrogen (secondary N) is 1. The third-order valence-electron chi connectivity index (χ3n) is 4.44. The van der Waals surface area contributed by atoms with Crippen LogP contribution < -0.4 is 5.32 Å². The number of halogens is 4. The van der Waals surface area contributed by atoms with Crippen molar-refractivity contribution in [1.29, 1.82) is 0 Å². The highest BCUT2D eigenvalue weighted by atomic mass is 35.5. The van der Waals surface area contributed by atoms with Crippen molar-refractivity contribution < 1.29 is 13.2 Å². The molecule has 0 saturated heterocycles. The molecule has 5 heteroatoms. The van der Waals surface area contributed by atoms with Crippen LogP contribution in [0.25, 0.3) is 0 Å². The van der Waals surface area contributed by atoms with Gasteiger partial charge in [0.1, 0.15) is 0 Å². The first kappa shape index (κ1) is 16.6. The molecular formula is C16H21ClF3N. The topological polar surface area (TPSA) is 12.0 Å². The maximum absolute atomic E-state index is 12.5. The van der Waals surface area contributed by atoms with Gasteiger partial charge in [-0.25, -0.2) is 0 Å². The molecule has 0 bridgehead atoms. The van der Waals surface area contributed by atoms with Gasteiger partial charge >= 0.3 is 6.18 Å². The maximum Gasteiger partial charge on any atom is 0.416 e. The van der Waals surface area contributed by atoms with Crippen LogP contribution >= 0.6 is 11.6 Å². The molecule has 0 spiro atoms. The van der Waals surface area contributed by atoms with Gasteiger partial charge in [0, 0.05) is 18.0 Å². The summed E-state index contributed by atoms with van der Waals surface area (Å²) in [5, 5.41) is 3.47. The van der Waals surface area contributed by atoms with Crippen LogP contribution in [0.2, 0.25) is 0 Å². The summed E-state index contributed by atoms with van der Waals surface area (Å²) in [7, 11) is 0. The van der Waals surface area contributed by atoms with E-state index in [1.165, 1.54) is 12.1 Å². The lowest BCUT2D eigenvalue weighted by molar-refractivity contribution is -0.137. The van der Waals surface area contributed by atoms with Gasteiger partial charge in [-0.1, -0.05) is 19.1 Å². The fourth-order valence-corrected chi connectivity index (χ4v) is 3.14. The Bertz CT molecular complexity index is 448. The minimum Gasteiger partial charge on any atom is -0.306 e. The van der Waals surface area contributed by atoms with Crippen molar-refractivity contribution in [2.75, 3.05) is 5.88 Å². The second kappa shape index (κ2) is 6.57. The monoisotopic (exact) mass is 319 g/mol. The highest BCUT2D eigenvalue weighted by molar-refractivity contribution is 6.18. The van der Waals surface area contributed by atoms with Gasteiger partial charge in [0.25, 0.3) is 0 Å². The standard InChI is InChI=1S/C16H21ClF3N/c1-12-6-8-15(11-17,9-7-12)21-10-13-2-4-14(5-3-13)16(18,19)20/h2-5,12,21H,6-11H2,1H3. The van der Waals surface area contributed by atoms with Crippen LogP contribution in [0, 0.1) is 5.92 Å². The Morgan fingerprint density at radius 3 is 2.24 bits per heavy atom. The van der Waals surface area contributed by atoms with E-state index in [-0.39, 0.29) is 5.54 Å². The summed E-state index contributed by atoms with van der Waals surface area (Å²) >= 11 is 6.12. The lowest BCUT2D eigenvalue weighted by Crippen LogP contribution is -2.49. The van der Waals surface area contributed by atoms with Gasteiger partial charge in [-0.3, -0.25) is 0 Å². The Labute approximate surface area is 128 Å². The van der Waals surface area contributed by atoms with Gasteiger partial charge in [0.15, 0.2) is 0 Å². The molecule has 0 amide bonds. The number of benzene rings is 1. The molecule has 1 N–H and O–H groups in total. The highest BCUT2D eigenvalue weighted by Crippen LogP contribution is 2.33. The first-order chi connectivity index (χ1) is 9.85. The lowest BCUT2D eigenvalue weighted by atomic mass is 9.78. The zero-order valence-electron chi connectivity index (χ0n) is 12.1. The third-order valence-corrected chi connectivity index (χ3v) is 4.95. The Balaban J connectivity index is 1.95. The smallest absolute Gasteiger partial charge is 0.306 e. The van der Waals surface area contributed by atoms with Crippen LogP contribution in [0.3, 0.4) is 0 Å². The van der Waals surface area contributed by atoms with Gasteiger partial charge in [-0.05, 0) is 49.3 Å². The van der Waals surface area contributed by atoms with E-state index in [9.17, 15) is 13.2 Å². The van der Waals surface area contributed by atoms with Crippen molar-refractivity contribution in [3.05, 3.63) is 35.4 Å². The van der Waals surface area contributed by atoms with E-state index in [1.54, 1.807) is 0 Å². The number of rotatable bonds is 4. The summed E-state index contributed by atoms with van der Waals surface area (Å²) in [6.45, 7) is 2.80. The Hall–Kier alpha value is -0.740. The number of alkyl halides is 4. The Kier molecular flexibility index (Phi) is 5.20. The molecule has 0 unspecified atom stereocenters. The average molecular weight is 320 g/mol. The van der Waals surface area contributed by atoms with E-state index in [4.69, 9.17) is 11.6 Å². The summed E-state index contributed by atoms with van der Waals surface area (Å²) in [6.07, 6.45) is 0.0683. The molecule has 1 aliphatic carbocycles. The van der Waals surface area contributed by atoms with Gasteiger partial charge < -0.3 is 5.32 Å². The fraction of sp³-hybridized carbons (Fsp3) is 0.625. The predicted octanol–water partition coefficient (Wildman–Crippen LogP) is 4.98. The molecule has 1 aromatic rings. The third kappa shape index (κ3) is 4.36. The fourth-order valence-electron chi connectivity index (χ4n) is 2.77. The molecule has 0 atom stereocenters. The minimum absolute atomic E-state index is 0.0727. The Morgan fingerprint density at radius 1 is 1.19 bits per heavy atom. The van der Waals surface area contributed by atoms with Crippen molar-refractivity contribution in [3.63, 3.8) is 0 Å². The van der Waals surface area contributed by atoms with Crippen LogP contribution in [0.15, 0.2) is 24.3 Å². The summed E-state index contributed by atoms with van der Waals surface area (Å²) in [4.78, 5) is 0. The average Bonchev–Trinajstić information content (AvgIpc) is 2.47. The molecule has 0 heterocycles. The molecule has 0 aromatic heterocycles. The number of hydrogen-bond acceptors (Lipinski definition) is 1. The van der Waals surface area contributed by atoms with Gasteiger partial charge in [-0.2, -0.15) is 13.2 Å². The molecule has 1 aromatic carbocycles. The number of hydrogen-bond donors (Lipinski definition) is 1. The minimum atomic E-state index is -4.27. The first-order valence-electron chi connectivity index (χ1n) is 7.32. The summed E-state index contributed by atoms with van der Waals surface area (Å²) in [5.41, 5.74) is 0.174. The second-order valence-corrected chi connectivity index (χ2v) is 6.41. The SMILES string of the molecule is CC1CCC(CCl)(NCc2ccc(C(F)(F)F)cc2)CC1. The van der Waals surface area contributed by atoms with Crippen molar-refractivity contribution >= 4 is 11.6 Å². The van der Waals surface area contributed by atoms with Crippen LogP contribution in [0.5, 0.6) is 0 Å². The molecule has 0 aliphatic heterocycles. The first-order valence-corrected chi connectivity index (χ1v) is 7.85. The van der Waals surface area contributed by atoms with Crippen molar-refractivity contribution in [2.24, 2.45) is 5.92 Å². The molecule has 21 heavy (non-hydrogen) atoms. The van der Waals surface area contributed by atoms with Gasteiger partial charge in [-0.15, -0.1) is 11.6 Å². The van der Waals surface area contributed by atoms with Crippen LogP contribution in [-0.4, -0.2) is 11.4 Å². The van der Waals surface area contributed by atoms with E-state index in [2.05, 4.69) is 12.2 Å². The second-order valence-electron chi connectivity index (χ2n) is 6.14. The normalized spacial score (nSPS) is 26.8. The molecule has 1 nitrogen and oxygen atoms in total. The zero-order valence-corrected chi connectivity index (χ0v) is 12.9. The van der Waals surface area contributed by atoms with E-state index in [0.29, 0.717) is 12.4 Å². The van der Waals surface area contributed by atoms with E-state index in [1.807, 2.05) is 0 Å². The van der Waals surface area contributed by atoms with E-state index in [0.717, 1.165) is 49.3 Å². The largest absolute Gasteiger partial charge is 0.416 e. The molecule has 1 saturated carbocycles. The maximum atomic E-state index is 12.5. The van der Waals surface area contributed by atoms with Gasteiger partial charge in [0.05, 0.1) is 5.56 Å². The van der Waals surface area contributed by atoms with E-state index < -0.39 is 11.7 Å². The van der Waals surface area contributed by atoms with Crippen molar-refractivity contribution in [1.82, 2.24) is 5.32 Å². The van der Waals surface area contributed by atoms with Crippen molar-refractivity contribution in [2.45, 2.75) is 50.9 Å². The molecule has 1 fully saturated rings. The quantitative estimate of drug-likeness (QED) is 0.771. The molecule has 0 radical (unpaired) electrons. The predicted molar refractivity (Wildman–Crippen MR) is 79.4 cm³/mol. The van der Waals surface area contributed by atoms with Crippen LogP contribution in [0.1, 0.15) is 43.7 Å². The highest BCUT2D eigenvalue weighted by Gasteiger charge is 2.33. The Morgan fingerprint density at radius 2 is 1.76 bits per heavy atom. The molecular weight excluding hydrogens is 299 g/mol. The summed E-state index contributed by atoms with van der Waals surface area (Å²) in [5.74, 6) is 1.27.